The standard InChI is InChI=1S/C46H50N2O6/c49-33-36-20-22-38(23-21-36)43-28-41(32-48(30-34-12-4-1-5-13-34)31-35-14-6-2-7-15-35)53-46(54-43)39-26-24-37(25-27-39)42-17-11-10-16-40(42)29-47-44(50)18-8-3-9-19-45(51)52/h1-2,4-7,10-17,20-27,41,43,46,49H,3,8-9,18-19,28-33H2,(H,47,50)(H,51,52)/t41-,43+,46+/m0/s1. The van der Waals surface area contributed by atoms with Gasteiger partial charge in [-0.05, 0) is 51.8 Å². The van der Waals surface area contributed by atoms with Gasteiger partial charge in [-0.2, -0.15) is 0 Å². The van der Waals surface area contributed by atoms with Gasteiger partial charge in [0, 0.05) is 51.0 Å². The first kappa shape index (κ1) is 38.6. The van der Waals surface area contributed by atoms with Crippen LogP contribution in [-0.4, -0.2) is 39.6 Å². The van der Waals surface area contributed by atoms with Crippen LogP contribution < -0.4 is 5.32 Å². The van der Waals surface area contributed by atoms with Crippen LogP contribution >= 0.6 is 0 Å². The number of aliphatic hydroxyl groups excluding tert-OH is 1. The van der Waals surface area contributed by atoms with Crippen molar-refractivity contribution in [3.63, 3.8) is 0 Å². The van der Waals surface area contributed by atoms with Crippen molar-refractivity contribution >= 4 is 11.9 Å². The number of rotatable bonds is 18. The van der Waals surface area contributed by atoms with Gasteiger partial charge < -0.3 is 25.0 Å². The van der Waals surface area contributed by atoms with Gasteiger partial charge in [-0.3, -0.25) is 14.5 Å². The summed E-state index contributed by atoms with van der Waals surface area (Å²) in [7, 11) is 0. The molecule has 3 atom stereocenters. The minimum atomic E-state index is -0.804. The largest absolute Gasteiger partial charge is 0.481 e. The monoisotopic (exact) mass is 726 g/mol. The number of hydrogen-bond acceptors (Lipinski definition) is 6. The normalized spacial score (nSPS) is 17.0. The Balaban J connectivity index is 1.17. The second-order valence-corrected chi connectivity index (χ2v) is 14.0. The van der Waals surface area contributed by atoms with Crippen molar-refractivity contribution in [1.29, 1.82) is 0 Å². The zero-order valence-electron chi connectivity index (χ0n) is 30.7. The van der Waals surface area contributed by atoms with Crippen LogP contribution in [0.5, 0.6) is 0 Å². The van der Waals surface area contributed by atoms with E-state index in [4.69, 9.17) is 14.6 Å². The van der Waals surface area contributed by atoms with Gasteiger partial charge in [-0.15, -0.1) is 0 Å². The number of benzene rings is 5. The van der Waals surface area contributed by atoms with E-state index >= 15 is 0 Å². The first-order valence-corrected chi connectivity index (χ1v) is 18.9. The number of nitrogens with one attached hydrogen (secondary N) is 1. The zero-order valence-corrected chi connectivity index (χ0v) is 30.7. The summed E-state index contributed by atoms with van der Waals surface area (Å²) in [5.74, 6) is -0.842. The SMILES string of the molecule is O=C(O)CCCCCC(=O)NCc1ccccc1-c1ccc([C@@H]2O[C@H](CN(Cc3ccccc3)Cc3ccccc3)C[C@H](c3ccc(CO)cc3)O2)cc1. The third-order valence-electron chi connectivity index (χ3n) is 9.86. The van der Waals surface area contributed by atoms with Crippen LogP contribution in [-0.2, 0) is 45.3 Å². The van der Waals surface area contributed by atoms with Gasteiger partial charge in [0.15, 0.2) is 6.29 Å². The molecule has 0 bridgehead atoms. The summed E-state index contributed by atoms with van der Waals surface area (Å²) in [4.78, 5) is 25.7. The van der Waals surface area contributed by atoms with Crippen molar-refractivity contribution in [2.24, 2.45) is 0 Å². The highest BCUT2D eigenvalue weighted by Crippen LogP contribution is 2.39. The molecule has 8 nitrogen and oxygen atoms in total. The van der Waals surface area contributed by atoms with E-state index in [0.29, 0.717) is 45.2 Å². The van der Waals surface area contributed by atoms with Gasteiger partial charge in [0.25, 0.3) is 0 Å². The summed E-state index contributed by atoms with van der Waals surface area (Å²) in [5.41, 5.74) is 8.40. The molecule has 0 spiro atoms. The molecule has 1 saturated heterocycles. The maximum absolute atomic E-state index is 12.5. The average Bonchev–Trinajstić information content (AvgIpc) is 3.20. The van der Waals surface area contributed by atoms with E-state index in [2.05, 4.69) is 89.1 Å². The molecule has 3 N–H and O–H groups in total. The molecule has 8 heteroatoms. The molecular weight excluding hydrogens is 677 g/mol. The summed E-state index contributed by atoms with van der Waals surface area (Å²) in [6, 6.07) is 45.4. The molecule has 1 aliphatic rings. The van der Waals surface area contributed by atoms with E-state index in [1.165, 1.54) is 11.1 Å². The lowest BCUT2D eigenvalue weighted by Gasteiger charge is -2.38. The molecule has 1 amide bonds. The highest BCUT2D eigenvalue weighted by atomic mass is 16.7. The maximum atomic E-state index is 12.5. The number of ether oxygens (including phenoxy) is 2. The molecule has 5 aromatic rings. The van der Waals surface area contributed by atoms with Crippen LogP contribution in [0, 0.1) is 0 Å². The number of amides is 1. The highest BCUT2D eigenvalue weighted by Gasteiger charge is 2.33. The summed E-state index contributed by atoms with van der Waals surface area (Å²) < 4.78 is 13.5. The van der Waals surface area contributed by atoms with Gasteiger partial charge in [0.05, 0.1) is 18.8 Å². The molecule has 0 aliphatic carbocycles. The average molecular weight is 727 g/mol. The number of unbranched alkanes of at least 4 members (excludes halogenated alkanes) is 2. The Labute approximate surface area is 318 Å². The lowest BCUT2D eigenvalue weighted by Crippen LogP contribution is -2.39. The number of carbonyl (C=O) groups excluding carboxylic acids is 1. The van der Waals surface area contributed by atoms with E-state index in [1.54, 1.807) is 0 Å². The molecule has 54 heavy (non-hydrogen) atoms. The Hall–Kier alpha value is -5.12. The summed E-state index contributed by atoms with van der Waals surface area (Å²) >= 11 is 0. The molecule has 0 saturated carbocycles. The second-order valence-electron chi connectivity index (χ2n) is 14.0. The molecule has 1 aliphatic heterocycles. The fraction of sp³-hybridized carbons (Fsp3) is 0.304. The predicted molar refractivity (Wildman–Crippen MR) is 210 cm³/mol. The Morgan fingerprint density at radius 2 is 1.28 bits per heavy atom. The molecule has 6 rings (SSSR count). The van der Waals surface area contributed by atoms with Crippen LogP contribution in [0.3, 0.4) is 0 Å². The van der Waals surface area contributed by atoms with Crippen LogP contribution in [0.1, 0.15) is 84.3 Å². The number of nitrogens with zero attached hydrogens (tertiary/aromatic N) is 1. The molecule has 0 aromatic heterocycles. The summed E-state index contributed by atoms with van der Waals surface area (Å²) in [6.45, 7) is 2.69. The number of hydrogen-bond donors (Lipinski definition) is 3. The van der Waals surface area contributed by atoms with E-state index in [9.17, 15) is 14.7 Å². The van der Waals surface area contributed by atoms with Crippen LogP contribution in [0.2, 0.25) is 0 Å². The van der Waals surface area contributed by atoms with Gasteiger partial charge in [0.2, 0.25) is 5.91 Å². The van der Waals surface area contributed by atoms with Crippen molar-refractivity contribution < 1.29 is 29.3 Å². The van der Waals surface area contributed by atoms with E-state index in [1.807, 2.05) is 54.6 Å². The van der Waals surface area contributed by atoms with Crippen molar-refractivity contribution in [3.8, 4) is 11.1 Å². The Morgan fingerprint density at radius 3 is 1.93 bits per heavy atom. The molecule has 280 valence electrons. The van der Waals surface area contributed by atoms with E-state index in [0.717, 1.165) is 46.5 Å². The van der Waals surface area contributed by atoms with Crippen LogP contribution in [0.15, 0.2) is 133 Å². The molecule has 1 fully saturated rings. The maximum Gasteiger partial charge on any atom is 0.303 e. The second kappa shape index (κ2) is 19.8. The summed E-state index contributed by atoms with van der Waals surface area (Å²) in [5, 5.41) is 21.5. The van der Waals surface area contributed by atoms with Crippen molar-refractivity contribution in [1.82, 2.24) is 10.2 Å². The number of aliphatic hydroxyl groups is 1. The van der Waals surface area contributed by atoms with Gasteiger partial charge in [-0.25, -0.2) is 0 Å². The lowest BCUT2D eigenvalue weighted by molar-refractivity contribution is -0.253. The smallest absolute Gasteiger partial charge is 0.303 e. The van der Waals surface area contributed by atoms with Gasteiger partial charge >= 0.3 is 5.97 Å². The van der Waals surface area contributed by atoms with Gasteiger partial charge in [-0.1, -0.05) is 140 Å². The highest BCUT2D eigenvalue weighted by molar-refractivity contribution is 5.76. The van der Waals surface area contributed by atoms with Crippen LogP contribution in [0.25, 0.3) is 11.1 Å². The van der Waals surface area contributed by atoms with Crippen LogP contribution in [0.4, 0.5) is 0 Å². The minimum absolute atomic E-state index is 0.00781. The third kappa shape index (κ3) is 11.4. The third-order valence-corrected chi connectivity index (χ3v) is 9.86. The van der Waals surface area contributed by atoms with Crippen molar-refractivity contribution in [2.45, 2.75) is 83.3 Å². The quantitative estimate of drug-likeness (QED) is 0.0776. The van der Waals surface area contributed by atoms with Gasteiger partial charge in [0.1, 0.15) is 0 Å². The van der Waals surface area contributed by atoms with E-state index < -0.39 is 12.3 Å². The topological polar surface area (TPSA) is 108 Å². The zero-order chi connectivity index (χ0) is 37.5. The molecule has 0 unspecified atom stereocenters. The van der Waals surface area contributed by atoms with E-state index in [-0.39, 0.29) is 31.1 Å². The Morgan fingerprint density at radius 1 is 0.667 bits per heavy atom. The fourth-order valence-electron chi connectivity index (χ4n) is 6.99. The molecule has 1 heterocycles. The number of carboxylic acids is 1. The first-order valence-electron chi connectivity index (χ1n) is 18.9. The number of aliphatic carboxylic acids is 1. The van der Waals surface area contributed by atoms with Crippen molar-refractivity contribution in [3.05, 3.63) is 167 Å². The fourth-order valence-corrected chi connectivity index (χ4v) is 6.99. The van der Waals surface area contributed by atoms with Crippen molar-refractivity contribution in [2.75, 3.05) is 6.54 Å². The minimum Gasteiger partial charge on any atom is -0.481 e. The number of carboxylic acid groups (broad SMARTS) is 1. The lowest BCUT2D eigenvalue weighted by atomic mass is 9.97. The summed E-state index contributed by atoms with van der Waals surface area (Å²) in [6.07, 6.45) is 2.28. The predicted octanol–water partition coefficient (Wildman–Crippen LogP) is 8.75. The molecule has 5 aromatic carbocycles. The first-order chi connectivity index (χ1) is 26.4. The Kier molecular flexibility index (Phi) is 14.2. The molecular formula is C46H50N2O6. The number of carbonyl (C=O) groups is 2. The molecule has 0 radical (unpaired) electrons. The Bertz CT molecular complexity index is 1860.